The number of anilines is 4. The largest absolute Gasteiger partial charge is 0.486 e. The number of carbonyl (C=O) groups is 2. The van der Waals surface area contributed by atoms with E-state index in [1.54, 1.807) is 30.6 Å². The van der Waals surface area contributed by atoms with Crippen LogP contribution in [0.15, 0.2) is 73.1 Å². The van der Waals surface area contributed by atoms with Gasteiger partial charge in [0, 0.05) is 84.9 Å². The Labute approximate surface area is 381 Å². The number of ether oxygens (including phenoxy) is 6. The van der Waals surface area contributed by atoms with E-state index in [0.717, 1.165) is 29.9 Å². The van der Waals surface area contributed by atoms with Crippen molar-refractivity contribution in [1.82, 2.24) is 30.6 Å². The van der Waals surface area contributed by atoms with Crippen LogP contribution in [0.1, 0.15) is 47.9 Å². The molecule has 0 radical (unpaired) electrons. The molecule has 18 heteroatoms. The Kier molecular flexibility index (Phi) is 11.9. The van der Waals surface area contributed by atoms with E-state index in [4.69, 9.17) is 33.4 Å². The molecule has 0 aliphatic carbocycles. The van der Waals surface area contributed by atoms with Crippen LogP contribution in [-0.2, 0) is 0 Å². The minimum atomic E-state index is -0.356. The molecule has 6 aromatic rings. The van der Waals surface area contributed by atoms with Crippen LogP contribution in [-0.4, -0.2) is 122 Å². The third-order valence-electron chi connectivity index (χ3n) is 12.1. The van der Waals surface area contributed by atoms with Crippen LogP contribution in [0.2, 0.25) is 0 Å². The molecule has 18 nitrogen and oxygen atoms in total. The van der Waals surface area contributed by atoms with Gasteiger partial charge in [0.25, 0.3) is 11.8 Å². The summed E-state index contributed by atoms with van der Waals surface area (Å²) in [6, 6.07) is 19.4. The summed E-state index contributed by atoms with van der Waals surface area (Å²) in [6.45, 7) is 11.4. The lowest BCUT2D eigenvalue weighted by Gasteiger charge is -2.39. The zero-order valence-corrected chi connectivity index (χ0v) is 37.3. The predicted molar refractivity (Wildman–Crippen MR) is 249 cm³/mol. The molecule has 2 saturated heterocycles. The van der Waals surface area contributed by atoms with Gasteiger partial charge in [-0.25, -0.2) is 9.97 Å². The van der Waals surface area contributed by atoms with E-state index < -0.39 is 0 Å². The molecule has 4 N–H and O–H groups in total. The molecule has 4 atom stereocenters. The molecule has 4 aliphatic rings. The van der Waals surface area contributed by atoms with Crippen LogP contribution in [0.5, 0.6) is 35.0 Å². The number of benzene rings is 4. The Bertz CT molecular complexity index is 2800. The Morgan fingerprint density at radius 1 is 0.652 bits per heavy atom. The molecule has 2 fully saturated rings. The number of nitrogens with zero attached hydrogens (tertiary/aromatic N) is 6. The van der Waals surface area contributed by atoms with Crippen molar-refractivity contribution in [1.29, 1.82) is 0 Å². The summed E-state index contributed by atoms with van der Waals surface area (Å²) < 4.78 is 34.9. The number of para-hydroxylation sites is 2. The second-order valence-electron chi connectivity index (χ2n) is 17.0. The van der Waals surface area contributed by atoms with Gasteiger partial charge in [-0.3, -0.25) is 9.59 Å². The van der Waals surface area contributed by atoms with Crippen LogP contribution < -0.4 is 59.5 Å². The van der Waals surface area contributed by atoms with Gasteiger partial charge in [0.15, 0.2) is 23.0 Å². The maximum absolute atomic E-state index is 14.1. The summed E-state index contributed by atoms with van der Waals surface area (Å²) in [5.41, 5.74) is 4.55. The fourth-order valence-corrected chi connectivity index (χ4v) is 9.35. The van der Waals surface area contributed by atoms with Gasteiger partial charge in [-0.05, 0) is 75.7 Å². The van der Waals surface area contributed by atoms with Gasteiger partial charge < -0.3 is 59.5 Å². The molecule has 4 aliphatic heterocycles. The summed E-state index contributed by atoms with van der Waals surface area (Å²) in [5.74, 6) is 1.45. The average Bonchev–Trinajstić information content (AvgIpc) is 3.32. The highest BCUT2D eigenvalue weighted by Gasteiger charge is 2.29. The molecule has 0 unspecified atom stereocenters. The number of rotatable bonds is 11. The second kappa shape index (κ2) is 18.4. The van der Waals surface area contributed by atoms with Crippen LogP contribution in [0.3, 0.4) is 0 Å². The van der Waals surface area contributed by atoms with Crippen molar-refractivity contribution in [3.05, 3.63) is 84.2 Å². The number of fused-ring (bicyclic) bond motifs is 4. The molecule has 2 aromatic heterocycles. The van der Waals surface area contributed by atoms with Crippen molar-refractivity contribution >= 4 is 56.4 Å². The molecule has 66 heavy (non-hydrogen) atoms. The van der Waals surface area contributed by atoms with Crippen molar-refractivity contribution in [2.24, 2.45) is 0 Å². The Balaban J connectivity index is 0.878. The zero-order valence-electron chi connectivity index (χ0n) is 37.3. The minimum absolute atomic E-state index is 0.0190. The van der Waals surface area contributed by atoms with Crippen molar-refractivity contribution < 1.29 is 38.0 Å². The predicted octanol–water partition coefficient (Wildman–Crippen LogP) is 5.45. The van der Waals surface area contributed by atoms with Crippen LogP contribution in [0.4, 0.5) is 22.7 Å². The summed E-state index contributed by atoms with van der Waals surface area (Å²) in [6.07, 6.45) is 4.09. The number of piperazine rings is 2. The molecular weight excluding hydrogens is 845 g/mol. The summed E-state index contributed by atoms with van der Waals surface area (Å²) >= 11 is 0. The van der Waals surface area contributed by atoms with E-state index in [9.17, 15) is 9.59 Å². The van der Waals surface area contributed by atoms with Crippen LogP contribution in [0, 0.1) is 0 Å². The summed E-state index contributed by atoms with van der Waals surface area (Å²) in [4.78, 5) is 51.3. The van der Waals surface area contributed by atoms with Crippen molar-refractivity contribution in [3.8, 4) is 35.0 Å². The van der Waals surface area contributed by atoms with E-state index in [2.05, 4.69) is 66.8 Å². The first-order valence-corrected chi connectivity index (χ1v) is 22.4. The van der Waals surface area contributed by atoms with E-state index in [1.165, 1.54) is 7.11 Å². The number of hydrogen-bond donors (Lipinski definition) is 4. The third-order valence-corrected chi connectivity index (χ3v) is 12.1. The standard InChI is InChI=1S/C48H52N10O8/c1-27-23-57(24-28(2)51-27)37-13-11-32(46(60)54-36-8-6-10-40-44(36)65-20-18-63-40)42-34(37)22-50-48(56-42)66-16-15-30-26-58(25-29(3)52-30)38-14-12-31(41-33(38)21-49-47(55-41)61-4)45(59)53-35-7-5-9-39-43(35)64-19-17-62-39/h5-14,21-22,27-30,51-52H,15-20,23-26H2,1-4H3,(H,53,59)(H,54,60)/t27-,28+,29-,30-/m0/s1. The smallest absolute Gasteiger partial charge is 0.316 e. The Morgan fingerprint density at radius 3 is 1.71 bits per heavy atom. The summed E-state index contributed by atoms with van der Waals surface area (Å²) in [7, 11) is 1.50. The van der Waals surface area contributed by atoms with Gasteiger partial charge in [-0.15, -0.1) is 0 Å². The maximum Gasteiger partial charge on any atom is 0.316 e. The highest BCUT2D eigenvalue weighted by molar-refractivity contribution is 6.15. The minimum Gasteiger partial charge on any atom is -0.486 e. The third kappa shape index (κ3) is 8.68. The monoisotopic (exact) mass is 896 g/mol. The lowest BCUT2D eigenvalue weighted by Crippen LogP contribution is -2.56. The fraction of sp³-hybridized carbons (Fsp3) is 0.375. The highest BCUT2D eigenvalue weighted by atomic mass is 16.6. The Hall–Kier alpha value is -7.18. The number of amides is 2. The first kappa shape index (κ1) is 42.8. The fourth-order valence-electron chi connectivity index (χ4n) is 9.35. The van der Waals surface area contributed by atoms with E-state index in [1.807, 2.05) is 42.5 Å². The molecule has 4 aromatic carbocycles. The molecule has 2 amide bonds. The second-order valence-corrected chi connectivity index (χ2v) is 17.0. The van der Waals surface area contributed by atoms with Crippen LogP contribution >= 0.6 is 0 Å². The number of carbonyl (C=O) groups excluding carboxylic acids is 2. The van der Waals surface area contributed by atoms with Gasteiger partial charge >= 0.3 is 12.0 Å². The van der Waals surface area contributed by atoms with Crippen molar-refractivity contribution in [2.45, 2.75) is 51.4 Å². The number of hydrogen-bond acceptors (Lipinski definition) is 16. The normalized spacial score (nSPS) is 20.2. The van der Waals surface area contributed by atoms with Gasteiger partial charge in [-0.1, -0.05) is 12.1 Å². The van der Waals surface area contributed by atoms with E-state index >= 15 is 0 Å². The molecule has 0 bridgehead atoms. The zero-order chi connectivity index (χ0) is 45.3. The summed E-state index contributed by atoms with van der Waals surface area (Å²) in [5, 5.41) is 14.8. The lowest BCUT2D eigenvalue weighted by atomic mass is 10.0. The highest BCUT2D eigenvalue weighted by Crippen LogP contribution is 2.40. The number of nitrogens with one attached hydrogen (secondary N) is 4. The maximum atomic E-state index is 14.1. The van der Waals surface area contributed by atoms with E-state index in [-0.39, 0.29) is 48.0 Å². The lowest BCUT2D eigenvalue weighted by molar-refractivity contribution is 0.101. The quantitative estimate of drug-likeness (QED) is 0.128. The molecule has 342 valence electrons. The first-order valence-electron chi connectivity index (χ1n) is 22.4. The van der Waals surface area contributed by atoms with Crippen molar-refractivity contribution in [3.63, 3.8) is 0 Å². The Morgan fingerprint density at radius 2 is 1.15 bits per heavy atom. The number of aromatic nitrogens is 4. The van der Waals surface area contributed by atoms with E-state index in [0.29, 0.717) is 114 Å². The SMILES string of the molecule is COc1ncc2c(N3C[C@H](CCOc4ncc5c(N6C[C@@H](C)N[C@@H](C)C6)ccc(C(=O)Nc6cccc7c6OCCO7)c5n4)N[C@@H](C)C3)ccc(C(=O)Nc3cccc4c3OCCO4)c2n1. The van der Waals surface area contributed by atoms with Crippen LogP contribution in [0.25, 0.3) is 21.8 Å². The molecule has 6 heterocycles. The van der Waals surface area contributed by atoms with Gasteiger partial charge in [-0.2, -0.15) is 9.97 Å². The van der Waals surface area contributed by atoms with Gasteiger partial charge in [0.1, 0.15) is 26.4 Å². The van der Waals surface area contributed by atoms with Crippen molar-refractivity contribution in [2.75, 3.05) is 86.8 Å². The van der Waals surface area contributed by atoms with Gasteiger partial charge in [0.2, 0.25) is 0 Å². The molecule has 10 rings (SSSR count). The number of methoxy groups -OCH3 is 1. The first-order chi connectivity index (χ1) is 32.2. The molecule has 0 saturated carbocycles. The topological polar surface area (TPSA) is 196 Å². The molecular formula is C48H52N10O8. The average molecular weight is 897 g/mol. The molecule has 0 spiro atoms. The van der Waals surface area contributed by atoms with Gasteiger partial charge in [0.05, 0.1) is 47.3 Å².